The molecule has 0 bridgehead atoms. The predicted molar refractivity (Wildman–Crippen MR) is 81.3 cm³/mol. The lowest BCUT2D eigenvalue weighted by Gasteiger charge is -2.09. The Morgan fingerprint density at radius 2 is 1.70 bits per heavy atom. The van der Waals surface area contributed by atoms with Crippen molar-refractivity contribution in [1.82, 2.24) is 0 Å². The highest BCUT2D eigenvalue weighted by Crippen LogP contribution is 2.19. The van der Waals surface area contributed by atoms with E-state index in [2.05, 4.69) is 9.44 Å². The molecule has 0 aliphatic heterocycles. The zero-order valence-electron chi connectivity index (χ0n) is 12.2. The molecule has 0 N–H and O–H groups in total. The second kappa shape index (κ2) is 6.13. The minimum Gasteiger partial charge on any atom is -0.290 e. The Bertz CT molecular complexity index is 863. The summed E-state index contributed by atoms with van der Waals surface area (Å²) >= 11 is 0. The number of ketones is 1. The normalized spacial score (nSPS) is 16.8. The maximum atomic E-state index is 12.0. The minimum absolute atomic E-state index is 0.181. The number of non-ortho nitro benzene ring substituents is 1. The van der Waals surface area contributed by atoms with Crippen LogP contribution in [0.4, 0.5) is 5.69 Å². The van der Waals surface area contributed by atoms with Gasteiger partial charge in [-0.3, -0.25) is 19.2 Å². The van der Waals surface area contributed by atoms with E-state index in [1.54, 1.807) is 13.8 Å². The van der Waals surface area contributed by atoms with Crippen LogP contribution < -0.4 is 0 Å². The van der Waals surface area contributed by atoms with Gasteiger partial charge in [0.25, 0.3) is 5.69 Å². The number of rotatable bonds is 4. The van der Waals surface area contributed by atoms with Crippen LogP contribution >= 0.6 is 0 Å². The number of benzene rings is 1. The van der Waals surface area contributed by atoms with E-state index < -0.39 is 15.0 Å². The summed E-state index contributed by atoms with van der Waals surface area (Å²) < 4.78 is 28.6. The Morgan fingerprint density at radius 3 is 2.26 bits per heavy atom. The van der Waals surface area contributed by atoms with Crippen LogP contribution in [-0.2, 0) is 19.2 Å². The van der Waals surface area contributed by atoms with Gasteiger partial charge in [-0.2, -0.15) is 8.42 Å². The third kappa shape index (κ3) is 3.69. The molecule has 120 valence electrons. The molecule has 0 fully saturated rings. The van der Waals surface area contributed by atoms with Gasteiger partial charge >= 0.3 is 10.1 Å². The van der Waals surface area contributed by atoms with Crippen LogP contribution in [0.1, 0.15) is 13.8 Å². The summed E-state index contributed by atoms with van der Waals surface area (Å²) in [6.07, 6.45) is 2.75. The third-order valence-corrected chi connectivity index (χ3v) is 4.18. The number of carbonyl (C=O) groups excluding carboxylic acids is 1. The van der Waals surface area contributed by atoms with Gasteiger partial charge in [0.2, 0.25) is 0 Å². The predicted octanol–water partition coefficient (Wildman–Crippen LogP) is 2.13. The molecule has 9 heteroatoms. The molecule has 0 saturated carbocycles. The Balaban J connectivity index is 2.25. The highest BCUT2D eigenvalue weighted by Gasteiger charge is 2.19. The Kier molecular flexibility index (Phi) is 4.41. The van der Waals surface area contributed by atoms with Crippen LogP contribution in [0.2, 0.25) is 0 Å². The van der Waals surface area contributed by atoms with E-state index in [9.17, 15) is 23.3 Å². The van der Waals surface area contributed by atoms with Crippen molar-refractivity contribution >= 4 is 27.3 Å². The number of hydrogen-bond donors (Lipinski definition) is 0. The van der Waals surface area contributed by atoms with Crippen molar-refractivity contribution in [2.45, 2.75) is 18.7 Å². The fourth-order valence-corrected chi connectivity index (χ4v) is 2.47. The summed E-state index contributed by atoms with van der Waals surface area (Å²) in [5.41, 5.74) is 0.858. The van der Waals surface area contributed by atoms with E-state index in [-0.39, 0.29) is 22.1 Å². The van der Waals surface area contributed by atoms with Crippen molar-refractivity contribution < 1.29 is 22.4 Å². The van der Waals surface area contributed by atoms with Gasteiger partial charge in [-0.15, -0.1) is 0 Å². The second-order valence-electron chi connectivity index (χ2n) is 4.78. The van der Waals surface area contributed by atoms with Gasteiger partial charge in [0.05, 0.1) is 4.92 Å². The average Bonchev–Trinajstić information content (AvgIpc) is 2.49. The lowest BCUT2D eigenvalue weighted by molar-refractivity contribution is -0.384. The zero-order valence-corrected chi connectivity index (χ0v) is 13.0. The number of hydrogen-bond acceptors (Lipinski definition) is 7. The first-order chi connectivity index (χ1) is 10.7. The SMILES string of the molecule is CC1=CC(=NOS(=O)(=O)c2ccc([N+](=O)[O-])cc2)C(C)=CC1=O. The smallest absolute Gasteiger partial charge is 0.290 e. The fourth-order valence-electron chi connectivity index (χ4n) is 1.74. The Hall–Kier alpha value is -2.81. The monoisotopic (exact) mass is 336 g/mol. The number of allylic oxidation sites excluding steroid dienone is 4. The molecular formula is C14H12N2O6S. The summed E-state index contributed by atoms with van der Waals surface area (Å²) in [6, 6.07) is 4.22. The van der Waals surface area contributed by atoms with E-state index in [4.69, 9.17) is 0 Å². The van der Waals surface area contributed by atoms with Gasteiger partial charge < -0.3 is 0 Å². The summed E-state index contributed by atoms with van der Waals surface area (Å²) in [5, 5.41) is 14.1. The summed E-state index contributed by atoms with van der Waals surface area (Å²) in [5.74, 6) is -0.181. The van der Waals surface area contributed by atoms with E-state index in [0.29, 0.717) is 11.1 Å². The average molecular weight is 336 g/mol. The fraction of sp³-hybridized carbons (Fsp3) is 0.143. The van der Waals surface area contributed by atoms with Crippen molar-refractivity contribution in [1.29, 1.82) is 0 Å². The number of nitro benzene ring substituents is 1. The molecule has 0 saturated heterocycles. The topological polar surface area (TPSA) is 116 Å². The van der Waals surface area contributed by atoms with Gasteiger partial charge in [0.1, 0.15) is 10.6 Å². The molecule has 1 aromatic rings. The first kappa shape index (κ1) is 16.6. The second-order valence-corrected chi connectivity index (χ2v) is 6.30. The molecule has 1 aliphatic rings. The molecule has 0 amide bonds. The molecule has 0 spiro atoms. The third-order valence-electron chi connectivity index (χ3n) is 3.06. The van der Waals surface area contributed by atoms with Crippen LogP contribution in [-0.4, -0.2) is 24.8 Å². The number of oxime groups is 1. The van der Waals surface area contributed by atoms with Crippen LogP contribution in [0.3, 0.4) is 0 Å². The molecule has 1 aliphatic carbocycles. The lowest BCUT2D eigenvalue weighted by atomic mass is 9.99. The molecule has 8 nitrogen and oxygen atoms in total. The molecule has 2 rings (SSSR count). The van der Waals surface area contributed by atoms with Crippen molar-refractivity contribution in [2.75, 3.05) is 0 Å². The van der Waals surface area contributed by atoms with E-state index in [0.717, 1.165) is 24.3 Å². The lowest BCUT2D eigenvalue weighted by Crippen LogP contribution is -2.12. The summed E-state index contributed by atoms with van der Waals surface area (Å²) in [6.45, 7) is 3.17. The Morgan fingerprint density at radius 1 is 1.09 bits per heavy atom. The minimum atomic E-state index is -4.21. The summed E-state index contributed by atoms with van der Waals surface area (Å²) in [7, 11) is -4.21. The van der Waals surface area contributed by atoms with Crippen LogP contribution in [0.25, 0.3) is 0 Å². The molecule has 1 aromatic carbocycles. The van der Waals surface area contributed by atoms with Crippen molar-refractivity contribution in [2.24, 2.45) is 5.16 Å². The summed E-state index contributed by atoms with van der Waals surface area (Å²) in [4.78, 5) is 21.1. The van der Waals surface area contributed by atoms with Crippen LogP contribution in [0.5, 0.6) is 0 Å². The van der Waals surface area contributed by atoms with Gasteiger partial charge in [0.15, 0.2) is 5.78 Å². The van der Waals surface area contributed by atoms with Crippen molar-refractivity contribution in [3.05, 3.63) is 57.7 Å². The van der Waals surface area contributed by atoms with E-state index in [1.165, 1.54) is 12.2 Å². The van der Waals surface area contributed by atoms with Gasteiger partial charge in [-0.1, -0.05) is 5.16 Å². The standard InChI is InChI=1S/C14H12N2O6S/c1-9-8-14(17)10(2)7-13(9)15-22-23(20,21)12-5-3-11(4-6-12)16(18)19/h3-8H,1-2H3. The maximum Gasteiger partial charge on any atom is 0.358 e. The first-order valence-electron chi connectivity index (χ1n) is 6.38. The zero-order chi connectivity index (χ0) is 17.2. The van der Waals surface area contributed by atoms with Crippen molar-refractivity contribution in [3.63, 3.8) is 0 Å². The number of nitro groups is 1. The van der Waals surface area contributed by atoms with Gasteiger partial charge in [-0.05, 0) is 49.3 Å². The number of carbonyl (C=O) groups is 1. The highest BCUT2D eigenvalue weighted by atomic mass is 32.2. The van der Waals surface area contributed by atoms with Gasteiger partial charge in [-0.25, -0.2) is 0 Å². The van der Waals surface area contributed by atoms with Gasteiger partial charge in [0, 0.05) is 12.1 Å². The quantitative estimate of drug-likeness (QED) is 0.472. The number of nitrogens with zero attached hydrogens (tertiary/aromatic N) is 2. The van der Waals surface area contributed by atoms with E-state index in [1.807, 2.05) is 0 Å². The molecule has 0 heterocycles. The molecule has 0 radical (unpaired) electrons. The van der Waals surface area contributed by atoms with Crippen LogP contribution in [0, 0.1) is 10.1 Å². The molecule has 23 heavy (non-hydrogen) atoms. The van der Waals surface area contributed by atoms with Crippen molar-refractivity contribution in [3.8, 4) is 0 Å². The van der Waals surface area contributed by atoms with E-state index >= 15 is 0 Å². The largest absolute Gasteiger partial charge is 0.358 e. The Labute approximate surface area is 132 Å². The molecular weight excluding hydrogens is 324 g/mol. The highest BCUT2D eigenvalue weighted by molar-refractivity contribution is 7.86. The molecule has 0 unspecified atom stereocenters. The van der Waals surface area contributed by atoms with Crippen LogP contribution in [0.15, 0.2) is 57.6 Å². The molecule has 0 atom stereocenters. The molecule has 0 aromatic heterocycles. The first-order valence-corrected chi connectivity index (χ1v) is 7.79. The maximum absolute atomic E-state index is 12.0.